The molecule has 0 aliphatic carbocycles. The molecule has 3 aromatic rings. The molecule has 0 radical (unpaired) electrons. The van der Waals surface area contributed by atoms with Gasteiger partial charge in [-0.1, -0.05) is 11.8 Å². The number of hydrogen-bond donors (Lipinski definition) is 0. The van der Waals surface area contributed by atoms with Crippen LogP contribution in [-0.2, 0) is 21.8 Å². The molecule has 0 saturated carbocycles. The molecular weight excluding hydrogens is 458 g/mol. The lowest BCUT2D eigenvalue weighted by Crippen LogP contribution is -2.28. The number of thiophene rings is 1. The molecule has 1 atom stereocenters. The molecule has 0 amide bonds. The molecule has 32 heavy (non-hydrogen) atoms. The first-order valence-corrected chi connectivity index (χ1v) is 12.1. The molecule has 6 nitrogen and oxygen atoms in total. The van der Waals surface area contributed by atoms with Crippen molar-refractivity contribution in [2.75, 3.05) is 13.2 Å². The molecule has 0 spiro atoms. The van der Waals surface area contributed by atoms with E-state index < -0.39 is 17.6 Å². The van der Waals surface area contributed by atoms with Crippen LogP contribution in [0, 0.1) is 18.6 Å². The Morgan fingerprint density at radius 1 is 1.41 bits per heavy atom. The maximum atomic E-state index is 14.1. The minimum absolute atomic E-state index is 0.0994. The summed E-state index contributed by atoms with van der Waals surface area (Å²) in [6.45, 7) is 4.59. The summed E-state index contributed by atoms with van der Waals surface area (Å²) in [5.74, 6) is -1.45. The molecule has 1 saturated heterocycles. The number of ether oxygens (including phenoxy) is 2. The molecule has 1 aliphatic heterocycles. The highest BCUT2D eigenvalue weighted by molar-refractivity contribution is 7.98. The summed E-state index contributed by atoms with van der Waals surface area (Å²) in [6, 6.07) is 3.28. The predicted octanol–water partition coefficient (Wildman–Crippen LogP) is 4.69. The Morgan fingerprint density at radius 3 is 2.94 bits per heavy atom. The topological polar surface area (TPSA) is 70.4 Å². The summed E-state index contributed by atoms with van der Waals surface area (Å²) in [5, 5.41) is 0.746. The average molecular weight is 481 g/mol. The lowest BCUT2D eigenvalue weighted by molar-refractivity contribution is 0.0531. The Bertz CT molecular complexity index is 1220. The highest BCUT2D eigenvalue weighted by Crippen LogP contribution is 2.31. The van der Waals surface area contributed by atoms with E-state index in [1.807, 2.05) is 0 Å². The molecule has 0 unspecified atom stereocenters. The molecule has 1 aliphatic rings. The number of aryl methyl sites for hydroxylation is 1. The average Bonchev–Trinajstić information content (AvgIpc) is 3.39. The quantitative estimate of drug-likeness (QED) is 0.278. The van der Waals surface area contributed by atoms with Crippen molar-refractivity contribution in [2.24, 2.45) is 0 Å². The number of halogens is 2. The summed E-state index contributed by atoms with van der Waals surface area (Å²) in [6.07, 6.45) is 1.61. The highest BCUT2D eigenvalue weighted by atomic mass is 32.2. The van der Waals surface area contributed by atoms with Crippen LogP contribution in [0.3, 0.4) is 0 Å². The fraction of sp³-hybridized carbons (Fsp3) is 0.409. The maximum Gasteiger partial charge on any atom is 0.348 e. The zero-order valence-corrected chi connectivity index (χ0v) is 19.3. The number of hydrogen-bond acceptors (Lipinski definition) is 7. The number of aromatic nitrogens is 2. The Labute approximate surface area is 191 Å². The van der Waals surface area contributed by atoms with E-state index in [1.54, 1.807) is 13.8 Å². The van der Waals surface area contributed by atoms with Gasteiger partial charge in [-0.3, -0.25) is 9.36 Å². The molecule has 10 heteroatoms. The number of carbonyl (C=O) groups excluding carboxylic acids is 1. The van der Waals surface area contributed by atoms with E-state index in [1.165, 1.54) is 4.57 Å². The Balaban J connectivity index is 1.77. The molecule has 1 fully saturated rings. The normalized spacial score (nSPS) is 16.1. The number of carbonyl (C=O) groups is 1. The Hall–Kier alpha value is -2.30. The van der Waals surface area contributed by atoms with Gasteiger partial charge in [0.05, 0.1) is 24.6 Å². The van der Waals surface area contributed by atoms with Crippen molar-refractivity contribution in [3.8, 4) is 0 Å². The van der Waals surface area contributed by atoms with Gasteiger partial charge in [0.25, 0.3) is 5.56 Å². The predicted molar refractivity (Wildman–Crippen MR) is 119 cm³/mol. The van der Waals surface area contributed by atoms with Crippen LogP contribution in [0.4, 0.5) is 8.78 Å². The van der Waals surface area contributed by atoms with Gasteiger partial charge in [-0.2, -0.15) is 0 Å². The van der Waals surface area contributed by atoms with Crippen molar-refractivity contribution < 1.29 is 23.0 Å². The Morgan fingerprint density at radius 2 is 2.22 bits per heavy atom. The first-order chi connectivity index (χ1) is 15.4. The fourth-order valence-electron chi connectivity index (χ4n) is 3.65. The van der Waals surface area contributed by atoms with Gasteiger partial charge in [0, 0.05) is 17.9 Å². The molecule has 3 heterocycles. The summed E-state index contributed by atoms with van der Waals surface area (Å²) >= 11 is 2.25. The number of fused-ring (bicyclic) bond motifs is 1. The van der Waals surface area contributed by atoms with Crippen molar-refractivity contribution in [1.29, 1.82) is 0 Å². The van der Waals surface area contributed by atoms with Crippen LogP contribution in [0.2, 0.25) is 0 Å². The van der Waals surface area contributed by atoms with Crippen molar-refractivity contribution >= 4 is 39.3 Å². The fourth-order valence-corrected chi connectivity index (χ4v) is 5.75. The Kier molecular flexibility index (Phi) is 6.92. The summed E-state index contributed by atoms with van der Waals surface area (Å²) in [4.78, 5) is 31.2. The second-order valence-electron chi connectivity index (χ2n) is 7.43. The minimum atomic E-state index is -0.532. The van der Waals surface area contributed by atoms with E-state index >= 15 is 0 Å². The second-order valence-corrected chi connectivity index (χ2v) is 9.37. The van der Waals surface area contributed by atoms with E-state index in [0.29, 0.717) is 39.0 Å². The van der Waals surface area contributed by atoms with Gasteiger partial charge in [-0.25, -0.2) is 18.6 Å². The number of benzene rings is 1. The standard InChI is InChI=1S/C22H22F2N2O4S2/c1-3-29-21(28)18-12(2)17-19(32-18)25-22(26(20(17)27)10-15-5-4-8-30-15)31-11-13-9-14(23)6-7-16(13)24/h6-7,9,15H,3-5,8,10-11H2,1-2H3/t15-/m1/s1. The van der Waals surface area contributed by atoms with E-state index in [4.69, 9.17) is 9.47 Å². The van der Waals surface area contributed by atoms with E-state index in [9.17, 15) is 18.4 Å². The summed E-state index contributed by atoms with van der Waals surface area (Å²) in [7, 11) is 0. The monoisotopic (exact) mass is 480 g/mol. The molecular formula is C22H22F2N2O4S2. The van der Waals surface area contributed by atoms with Crippen LogP contribution in [0.5, 0.6) is 0 Å². The molecule has 170 valence electrons. The van der Waals surface area contributed by atoms with Gasteiger partial charge in [-0.15, -0.1) is 11.3 Å². The smallest absolute Gasteiger partial charge is 0.348 e. The zero-order valence-electron chi connectivity index (χ0n) is 17.7. The molecule has 0 bridgehead atoms. The van der Waals surface area contributed by atoms with Crippen molar-refractivity contribution in [3.05, 3.63) is 56.2 Å². The zero-order chi connectivity index (χ0) is 22.8. The third kappa shape index (κ3) is 4.57. The van der Waals surface area contributed by atoms with E-state index in [-0.39, 0.29) is 29.6 Å². The van der Waals surface area contributed by atoms with Gasteiger partial charge in [-0.05, 0) is 50.5 Å². The first-order valence-electron chi connectivity index (χ1n) is 10.3. The SMILES string of the molecule is CCOC(=O)c1sc2nc(SCc3cc(F)ccc3F)n(C[C@H]3CCCO3)c(=O)c2c1C. The maximum absolute atomic E-state index is 14.1. The van der Waals surface area contributed by atoms with Crippen LogP contribution >= 0.6 is 23.1 Å². The van der Waals surface area contributed by atoms with Gasteiger partial charge < -0.3 is 9.47 Å². The van der Waals surface area contributed by atoms with E-state index in [2.05, 4.69) is 4.98 Å². The largest absolute Gasteiger partial charge is 0.462 e. The highest BCUT2D eigenvalue weighted by Gasteiger charge is 2.25. The lowest BCUT2D eigenvalue weighted by atomic mass is 10.2. The summed E-state index contributed by atoms with van der Waals surface area (Å²) < 4.78 is 40.0. The van der Waals surface area contributed by atoms with Gasteiger partial charge >= 0.3 is 5.97 Å². The first kappa shape index (κ1) is 22.9. The number of rotatable bonds is 7. The number of esters is 1. The summed E-state index contributed by atoms with van der Waals surface area (Å²) in [5.41, 5.74) is 0.439. The third-order valence-corrected chi connectivity index (χ3v) is 7.44. The van der Waals surface area contributed by atoms with Crippen LogP contribution in [0.15, 0.2) is 28.2 Å². The molecule has 2 aromatic heterocycles. The van der Waals surface area contributed by atoms with Crippen LogP contribution in [0.1, 0.15) is 40.6 Å². The van der Waals surface area contributed by atoms with Gasteiger partial charge in [0.2, 0.25) is 0 Å². The van der Waals surface area contributed by atoms with Crippen LogP contribution in [0.25, 0.3) is 10.2 Å². The molecule has 0 N–H and O–H groups in total. The number of nitrogens with zero attached hydrogens (tertiary/aromatic N) is 2. The van der Waals surface area contributed by atoms with Gasteiger partial charge in [0.1, 0.15) is 21.3 Å². The van der Waals surface area contributed by atoms with Crippen molar-refractivity contribution in [1.82, 2.24) is 9.55 Å². The minimum Gasteiger partial charge on any atom is -0.462 e. The van der Waals surface area contributed by atoms with Gasteiger partial charge in [0.15, 0.2) is 5.16 Å². The van der Waals surface area contributed by atoms with Crippen LogP contribution < -0.4 is 5.56 Å². The van der Waals surface area contributed by atoms with Crippen LogP contribution in [-0.4, -0.2) is 34.8 Å². The molecule has 1 aromatic carbocycles. The molecule has 4 rings (SSSR count). The van der Waals surface area contributed by atoms with E-state index in [0.717, 1.165) is 54.1 Å². The number of thioether (sulfide) groups is 1. The second kappa shape index (κ2) is 9.68. The van der Waals surface area contributed by atoms with Crippen molar-refractivity contribution in [2.45, 2.75) is 50.2 Å². The third-order valence-electron chi connectivity index (χ3n) is 5.25. The lowest BCUT2D eigenvalue weighted by Gasteiger charge is -2.16. The van der Waals surface area contributed by atoms with Crippen molar-refractivity contribution in [3.63, 3.8) is 0 Å².